The third-order valence-electron chi connectivity index (χ3n) is 3.33. The maximum atomic E-state index is 6.24. The van der Waals surface area contributed by atoms with Crippen molar-refractivity contribution in [3.8, 4) is 5.82 Å². The molecule has 0 amide bonds. The Morgan fingerprint density at radius 2 is 1.76 bits per heavy atom. The van der Waals surface area contributed by atoms with Crippen molar-refractivity contribution in [1.29, 1.82) is 0 Å². The van der Waals surface area contributed by atoms with Crippen molar-refractivity contribution in [1.82, 2.24) is 19.7 Å². The molecule has 7 heteroatoms. The summed E-state index contributed by atoms with van der Waals surface area (Å²) >= 11 is 6.24. The Labute approximate surface area is 129 Å². The Bertz CT molecular complexity index is 684. The van der Waals surface area contributed by atoms with Crippen LogP contribution in [-0.4, -0.2) is 19.7 Å². The van der Waals surface area contributed by atoms with Gasteiger partial charge in [-0.15, -0.1) is 0 Å². The van der Waals surface area contributed by atoms with Gasteiger partial charge in [-0.25, -0.2) is 20.5 Å². The van der Waals surface area contributed by atoms with E-state index in [9.17, 15) is 0 Å². The zero-order valence-electron chi connectivity index (χ0n) is 13.2. The van der Waals surface area contributed by atoms with Crippen molar-refractivity contribution in [3.63, 3.8) is 0 Å². The molecule has 0 aliphatic carbocycles. The van der Waals surface area contributed by atoms with E-state index in [1.807, 2.05) is 20.8 Å². The molecule has 0 spiro atoms. The molecule has 2 rings (SSSR count). The molecule has 0 unspecified atom stereocenters. The molecule has 0 atom stereocenters. The molecular weight excluding hydrogens is 288 g/mol. The van der Waals surface area contributed by atoms with Gasteiger partial charge in [-0.05, 0) is 20.8 Å². The second-order valence-corrected chi connectivity index (χ2v) is 6.51. The first kappa shape index (κ1) is 15.7. The minimum absolute atomic E-state index is 0.200. The summed E-state index contributed by atoms with van der Waals surface area (Å²) < 4.78 is 1.74. The van der Waals surface area contributed by atoms with Gasteiger partial charge in [-0.2, -0.15) is 5.10 Å². The van der Waals surface area contributed by atoms with Gasteiger partial charge in [-0.3, -0.25) is 0 Å². The zero-order chi connectivity index (χ0) is 15.9. The summed E-state index contributed by atoms with van der Waals surface area (Å²) in [6.45, 7) is 11.8. The van der Waals surface area contributed by atoms with E-state index in [2.05, 4.69) is 41.3 Å². The zero-order valence-corrected chi connectivity index (χ0v) is 14.0. The Kier molecular flexibility index (Phi) is 3.95. The lowest BCUT2D eigenvalue weighted by Crippen LogP contribution is -2.22. The monoisotopic (exact) mass is 308 g/mol. The van der Waals surface area contributed by atoms with Gasteiger partial charge in [0, 0.05) is 11.0 Å². The van der Waals surface area contributed by atoms with Crippen molar-refractivity contribution in [2.24, 2.45) is 5.84 Å². The van der Waals surface area contributed by atoms with E-state index >= 15 is 0 Å². The fraction of sp³-hybridized carbons (Fsp3) is 0.500. The lowest BCUT2D eigenvalue weighted by Gasteiger charge is -2.20. The number of hydrogen-bond acceptors (Lipinski definition) is 5. The predicted molar refractivity (Wildman–Crippen MR) is 84.9 cm³/mol. The number of nitrogens with one attached hydrogen (secondary N) is 1. The smallest absolute Gasteiger partial charge is 0.162 e. The topological polar surface area (TPSA) is 81.7 Å². The van der Waals surface area contributed by atoms with Crippen LogP contribution < -0.4 is 11.3 Å². The van der Waals surface area contributed by atoms with E-state index in [1.165, 1.54) is 0 Å². The summed E-state index contributed by atoms with van der Waals surface area (Å²) in [5.41, 5.74) is 4.88. The predicted octanol–water partition coefficient (Wildman–Crippen LogP) is 2.82. The van der Waals surface area contributed by atoms with Crippen molar-refractivity contribution in [2.45, 2.75) is 47.0 Å². The minimum atomic E-state index is -0.200. The van der Waals surface area contributed by atoms with Crippen LogP contribution in [-0.2, 0) is 5.41 Å². The largest absolute Gasteiger partial charge is 0.308 e. The van der Waals surface area contributed by atoms with Gasteiger partial charge in [-0.1, -0.05) is 32.4 Å². The summed E-state index contributed by atoms with van der Waals surface area (Å²) in [6, 6.07) is 0. The van der Waals surface area contributed by atoms with Crippen LogP contribution in [0.15, 0.2) is 0 Å². The number of aromatic nitrogens is 4. The first-order chi connectivity index (χ1) is 9.66. The number of nitrogens with zero attached hydrogens (tertiary/aromatic N) is 4. The molecule has 0 aromatic carbocycles. The number of aryl methyl sites for hydroxylation is 1. The molecule has 21 heavy (non-hydrogen) atoms. The van der Waals surface area contributed by atoms with Crippen LogP contribution in [0.25, 0.3) is 5.82 Å². The third kappa shape index (κ3) is 2.73. The number of halogens is 1. The molecule has 2 heterocycles. The van der Waals surface area contributed by atoms with Crippen molar-refractivity contribution >= 4 is 17.4 Å². The molecule has 0 fully saturated rings. The highest BCUT2D eigenvalue weighted by atomic mass is 35.5. The molecule has 2 aromatic rings. The Morgan fingerprint density at radius 3 is 2.19 bits per heavy atom. The van der Waals surface area contributed by atoms with Crippen LogP contribution in [0.5, 0.6) is 0 Å². The normalized spacial score (nSPS) is 11.8. The number of nitrogen functional groups attached to an aromatic ring is 1. The van der Waals surface area contributed by atoms with E-state index in [0.717, 1.165) is 17.0 Å². The average molecular weight is 309 g/mol. The number of nitrogens with two attached hydrogens (primary N) is 1. The van der Waals surface area contributed by atoms with E-state index < -0.39 is 0 Å². The van der Waals surface area contributed by atoms with Gasteiger partial charge in [0.25, 0.3) is 0 Å². The summed E-state index contributed by atoms with van der Waals surface area (Å²) in [7, 11) is 0. The summed E-state index contributed by atoms with van der Waals surface area (Å²) in [6.07, 6.45) is 0. The average Bonchev–Trinajstić information content (AvgIpc) is 2.65. The molecule has 114 valence electrons. The van der Waals surface area contributed by atoms with Crippen LogP contribution in [0.1, 0.15) is 43.5 Å². The van der Waals surface area contributed by atoms with Gasteiger partial charge in [0.2, 0.25) is 0 Å². The van der Waals surface area contributed by atoms with Crippen LogP contribution in [0.3, 0.4) is 0 Å². The number of anilines is 1. The SMILES string of the molecule is Cc1nn(-c2nc(C(C)(C)C)nc(NN)c2C)c(C)c1Cl. The second kappa shape index (κ2) is 5.27. The van der Waals surface area contributed by atoms with Crippen LogP contribution in [0.2, 0.25) is 5.02 Å². The Morgan fingerprint density at radius 1 is 1.14 bits per heavy atom. The highest BCUT2D eigenvalue weighted by Crippen LogP contribution is 2.28. The molecule has 6 nitrogen and oxygen atoms in total. The molecule has 2 aromatic heterocycles. The van der Waals surface area contributed by atoms with Crippen LogP contribution >= 0.6 is 11.6 Å². The lowest BCUT2D eigenvalue weighted by atomic mass is 9.95. The van der Waals surface area contributed by atoms with Gasteiger partial charge >= 0.3 is 0 Å². The highest BCUT2D eigenvalue weighted by Gasteiger charge is 2.23. The molecular formula is C14H21ClN6. The van der Waals surface area contributed by atoms with Gasteiger partial charge in [0.15, 0.2) is 5.82 Å². The molecule has 0 saturated heterocycles. The van der Waals surface area contributed by atoms with E-state index in [1.54, 1.807) is 4.68 Å². The van der Waals surface area contributed by atoms with E-state index in [0.29, 0.717) is 22.5 Å². The Hall–Kier alpha value is -1.66. The first-order valence-corrected chi connectivity index (χ1v) is 7.12. The summed E-state index contributed by atoms with van der Waals surface area (Å²) in [5, 5.41) is 5.11. The summed E-state index contributed by atoms with van der Waals surface area (Å²) in [4.78, 5) is 9.16. The highest BCUT2D eigenvalue weighted by molar-refractivity contribution is 6.31. The fourth-order valence-corrected chi connectivity index (χ4v) is 2.13. The molecule has 3 N–H and O–H groups in total. The molecule has 0 radical (unpaired) electrons. The maximum Gasteiger partial charge on any atom is 0.162 e. The van der Waals surface area contributed by atoms with E-state index in [-0.39, 0.29) is 5.41 Å². The fourth-order valence-electron chi connectivity index (χ4n) is 2.02. The Balaban J connectivity index is 2.75. The second-order valence-electron chi connectivity index (χ2n) is 6.14. The summed E-state index contributed by atoms with van der Waals surface area (Å²) in [5.74, 6) is 7.56. The minimum Gasteiger partial charge on any atom is -0.308 e. The number of rotatable bonds is 2. The van der Waals surface area contributed by atoms with Crippen molar-refractivity contribution in [2.75, 3.05) is 5.43 Å². The third-order valence-corrected chi connectivity index (χ3v) is 3.88. The van der Waals surface area contributed by atoms with Gasteiger partial charge < -0.3 is 5.43 Å². The maximum absolute atomic E-state index is 6.24. The lowest BCUT2D eigenvalue weighted by molar-refractivity contribution is 0.541. The van der Waals surface area contributed by atoms with Gasteiger partial charge in [0.1, 0.15) is 11.6 Å². The number of hydrazine groups is 1. The van der Waals surface area contributed by atoms with Gasteiger partial charge in [0.05, 0.1) is 16.4 Å². The quantitative estimate of drug-likeness (QED) is 0.658. The van der Waals surface area contributed by atoms with Crippen molar-refractivity contribution < 1.29 is 0 Å². The molecule has 0 aliphatic heterocycles. The van der Waals surface area contributed by atoms with E-state index in [4.69, 9.17) is 17.4 Å². The molecule has 0 saturated carbocycles. The number of hydrogen-bond donors (Lipinski definition) is 2. The van der Waals surface area contributed by atoms with Crippen molar-refractivity contribution in [3.05, 3.63) is 27.8 Å². The van der Waals surface area contributed by atoms with Crippen LogP contribution in [0.4, 0.5) is 5.82 Å². The molecule has 0 bridgehead atoms. The standard InChI is InChI=1S/C14H21ClN6/c1-7-11(19-16)17-13(14(4,5)6)18-12(7)21-9(3)10(15)8(2)20-21/h16H2,1-6H3,(H,17,18,19). The first-order valence-electron chi connectivity index (χ1n) is 6.74. The van der Waals surface area contributed by atoms with Crippen LogP contribution in [0, 0.1) is 20.8 Å². The molecule has 0 aliphatic rings.